The first-order chi connectivity index (χ1) is 16.7. The summed E-state index contributed by atoms with van der Waals surface area (Å²) in [7, 11) is 0. The van der Waals surface area contributed by atoms with Crippen LogP contribution < -0.4 is 10.2 Å². The van der Waals surface area contributed by atoms with E-state index in [1.165, 1.54) is 16.2 Å². The first-order valence-electron chi connectivity index (χ1n) is 11.7. The molecule has 11 heteroatoms. The van der Waals surface area contributed by atoms with E-state index in [4.69, 9.17) is 9.47 Å². The SMILES string of the molecule is Cc1c(C[C@H](C)NC(=O)OC(C)(C)C)sc2c(N(Cc3ccncc3)C(=O)OC(C)(C)C)nnnc12. The number of carbonyl (C=O) groups excluding carboxylic acids is 2. The number of fused-ring (bicyclic) bond motifs is 1. The Morgan fingerprint density at radius 2 is 1.69 bits per heavy atom. The Balaban J connectivity index is 1.94. The topological polar surface area (TPSA) is 119 Å². The van der Waals surface area contributed by atoms with Gasteiger partial charge in [0.1, 0.15) is 21.4 Å². The zero-order valence-electron chi connectivity index (χ0n) is 22.1. The quantitative estimate of drug-likeness (QED) is 0.477. The highest BCUT2D eigenvalue weighted by molar-refractivity contribution is 7.19. The van der Waals surface area contributed by atoms with Crippen molar-refractivity contribution in [3.05, 3.63) is 40.5 Å². The van der Waals surface area contributed by atoms with Crippen LogP contribution in [0.3, 0.4) is 0 Å². The van der Waals surface area contributed by atoms with E-state index in [-0.39, 0.29) is 12.6 Å². The molecule has 3 aromatic heterocycles. The molecule has 3 aromatic rings. The lowest BCUT2D eigenvalue weighted by Gasteiger charge is -2.26. The molecule has 0 radical (unpaired) electrons. The van der Waals surface area contributed by atoms with Crippen molar-refractivity contribution in [1.82, 2.24) is 25.7 Å². The molecule has 10 nitrogen and oxygen atoms in total. The van der Waals surface area contributed by atoms with Crippen LogP contribution in [0.25, 0.3) is 10.2 Å². The summed E-state index contributed by atoms with van der Waals surface area (Å²) in [4.78, 5) is 32.0. The van der Waals surface area contributed by atoms with Crippen LogP contribution in [0.4, 0.5) is 15.4 Å². The minimum atomic E-state index is -0.688. The van der Waals surface area contributed by atoms with Crippen LogP contribution in [-0.2, 0) is 22.4 Å². The molecule has 0 aliphatic rings. The van der Waals surface area contributed by atoms with Crippen molar-refractivity contribution in [3.8, 4) is 0 Å². The normalized spacial score (nSPS) is 12.8. The fraction of sp³-hybridized carbons (Fsp3) is 0.520. The minimum Gasteiger partial charge on any atom is -0.444 e. The van der Waals surface area contributed by atoms with Crippen LogP contribution in [0.1, 0.15) is 64.5 Å². The summed E-state index contributed by atoms with van der Waals surface area (Å²) in [6, 6.07) is 3.48. The molecule has 0 aliphatic carbocycles. The summed E-state index contributed by atoms with van der Waals surface area (Å²) in [5.74, 6) is 0.373. The third kappa shape index (κ3) is 7.33. The van der Waals surface area contributed by atoms with Gasteiger partial charge in [0, 0.05) is 29.7 Å². The van der Waals surface area contributed by atoms with Gasteiger partial charge in [-0.3, -0.25) is 9.88 Å². The molecule has 0 spiro atoms. The fourth-order valence-electron chi connectivity index (χ4n) is 3.40. The van der Waals surface area contributed by atoms with E-state index in [1.807, 2.05) is 67.5 Å². The fourth-order valence-corrected chi connectivity index (χ4v) is 4.76. The van der Waals surface area contributed by atoms with E-state index in [1.54, 1.807) is 12.4 Å². The molecular weight excluding hydrogens is 480 g/mol. The molecule has 2 amide bonds. The Hall–Kier alpha value is -3.34. The Labute approximate surface area is 215 Å². The Morgan fingerprint density at radius 3 is 2.31 bits per heavy atom. The predicted octanol–water partition coefficient (Wildman–Crippen LogP) is 5.19. The van der Waals surface area contributed by atoms with E-state index in [0.717, 1.165) is 20.7 Å². The Bertz CT molecular complexity index is 1220. The van der Waals surface area contributed by atoms with Crippen molar-refractivity contribution in [1.29, 1.82) is 0 Å². The molecule has 3 rings (SSSR count). The van der Waals surface area contributed by atoms with Gasteiger partial charge in [0.15, 0.2) is 5.82 Å². The van der Waals surface area contributed by atoms with Crippen molar-refractivity contribution >= 4 is 39.6 Å². The highest BCUT2D eigenvalue weighted by Crippen LogP contribution is 2.36. The second-order valence-corrected chi connectivity index (χ2v) is 11.7. The molecule has 0 fully saturated rings. The maximum Gasteiger partial charge on any atom is 0.416 e. The van der Waals surface area contributed by atoms with Crippen molar-refractivity contribution in [2.24, 2.45) is 0 Å². The number of thiophene rings is 1. The number of nitrogens with zero attached hydrogens (tertiary/aromatic N) is 5. The van der Waals surface area contributed by atoms with Gasteiger partial charge in [-0.15, -0.1) is 21.5 Å². The van der Waals surface area contributed by atoms with Gasteiger partial charge in [-0.1, -0.05) is 0 Å². The number of nitrogens with one attached hydrogen (secondary N) is 1. The molecule has 0 aromatic carbocycles. The zero-order valence-corrected chi connectivity index (χ0v) is 22.9. The lowest BCUT2D eigenvalue weighted by Crippen LogP contribution is -2.38. The van der Waals surface area contributed by atoms with E-state index in [0.29, 0.717) is 17.8 Å². The van der Waals surface area contributed by atoms with E-state index < -0.39 is 23.4 Å². The number of anilines is 1. The molecule has 0 aliphatic heterocycles. The smallest absolute Gasteiger partial charge is 0.416 e. The Kier molecular flexibility index (Phi) is 8.12. The summed E-state index contributed by atoms with van der Waals surface area (Å²) < 4.78 is 11.8. The van der Waals surface area contributed by atoms with Crippen LogP contribution in [0, 0.1) is 6.92 Å². The van der Waals surface area contributed by atoms with Crippen LogP contribution in [-0.4, -0.2) is 49.8 Å². The number of ether oxygens (including phenoxy) is 2. The third-order valence-electron chi connectivity index (χ3n) is 4.92. The van der Waals surface area contributed by atoms with E-state index >= 15 is 0 Å². The summed E-state index contributed by atoms with van der Waals surface area (Å²) in [6.07, 6.45) is 2.90. The molecule has 3 heterocycles. The monoisotopic (exact) mass is 514 g/mol. The summed E-state index contributed by atoms with van der Waals surface area (Å²) in [5.41, 5.74) is 1.19. The predicted molar refractivity (Wildman–Crippen MR) is 139 cm³/mol. The molecule has 36 heavy (non-hydrogen) atoms. The van der Waals surface area contributed by atoms with Gasteiger partial charge in [-0.05, 0) is 83.9 Å². The lowest BCUT2D eigenvalue weighted by atomic mass is 10.1. The number of aryl methyl sites for hydroxylation is 1. The maximum absolute atomic E-state index is 13.3. The highest BCUT2D eigenvalue weighted by Gasteiger charge is 2.29. The summed E-state index contributed by atoms with van der Waals surface area (Å²) in [6.45, 7) is 15.0. The number of aromatic nitrogens is 4. The minimum absolute atomic E-state index is 0.185. The van der Waals surface area contributed by atoms with Crippen molar-refractivity contribution in [2.45, 2.75) is 85.6 Å². The lowest BCUT2D eigenvalue weighted by molar-refractivity contribution is 0.0507. The van der Waals surface area contributed by atoms with Gasteiger partial charge in [0.05, 0.1) is 6.54 Å². The average Bonchev–Trinajstić information content (AvgIpc) is 3.05. The molecule has 194 valence electrons. The van der Waals surface area contributed by atoms with Crippen molar-refractivity contribution in [3.63, 3.8) is 0 Å². The molecule has 0 saturated heterocycles. The van der Waals surface area contributed by atoms with Crippen molar-refractivity contribution < 1.29 is 19.1 Å². The second-order valence-electron chi connectivity index (χ2n) is 10.6. The second kappa shape index (κ2) is 10.7. The van der Waals surface area contributed by atoms with Crippen LogP contribution >= 0.6 is 11.3 Å². The maximum atomic E-state index is 13.3. The molecule has 1 atom stereocenters. The average molecular weight is 515 g/mol. The summed E-state index contributed by atoms with van der Waals surface area (Å²) in [5, 5.41) is 15.3. The third-order valence-corrected chi connectivity index (χ3v) is 6.21. The van der Waals surface area contributed by atoms with Gasteiger partial charge in [0.2, 0.25) is 0 Å². The van der Waals surface area contributed by atoms with E-state index in [2.05, 4.69) is 25.7 Å². The highest BCUT2D eigenvalue weighted by atomic mass is 32.1. The van der Waals surface area contributed by atoms with Gasteiger partial charge in [-0.2, -0.15) is 0 Å². The van der Waals surface area contributed by atoms with Crippen LogP contribution in [0.2, 0.25) is 0 Å². The molecule has 0 saturated carbocycles. The molecule has 1 N–H and O–H groups in total. The largest absolute Gasteiger partial charge is 0.444 e. The molecule has 0 unspecified atom stereocenters. The first-order valence-corrected chi connectivity index (χ1v) is 12.6. The van der Waals surface area contributed by atoms with E-state index in [9.17, 15) is 9.59 Å². The van der Waals surface area contributed by atoms with Crippen molar-refractivity contribution in [2.75, 3.05) is 4.90 Å². The number of alkyl carbamates (subject to hydrolysis) is 1. The number of pyridine rings is 1. The van der Waals surface area contributed by atoms with Gasteiger partial charge in [0.25, 0.3) is 0 Å². The van der Waals surface area contributed by atoms with Gasteiger partial charge in [-0.25, -0.2) is 9.59 Å². The van der Waals surface area contributed by atoms with Gasteiger partial charge < -0.3 is 14.8 Å². The Morgan fingerprint density at radius 1 is 1.06 bits per heavy atom. The zero-order chi connectivity index (χ0) is 26.7. The number of hydrogen-bond acceptors (Lipinski definition) is 9. The van der Waals surface area contributed by atoms with Crippen LogP contribution in [0.5, 0.6) is 0 Å². The van der Waals surface area contributed by atoms with Crippen LogP contribution in [0.15, 0.2) is 24.5 Å². The number of amides is 2. The molecular formula is C25H34N6O4S. The molecule has 0 bridgehead atoms. The standard InChI is InChI=1S/C25H34N6O4S/c1-15(27-22(32)34-24(3,4)5)13-18-16(2)19-20(36-18)21(29-30-28-19)31(23(33)35-25(6,7)8)14-17-9-11-26-12-10-17/h9-12,15H,13-14H2,1-8H3,(H,27,32)/t15-/m0/s1. The number of carbonyl (C=O) groups is 2. The summed E-state index contributed by atoms with van der Waals surface area (Å²) >= 11 is 1.47. The number of hydrogen-bond donors (Lipinski definition) is 1. The first kappa shape index (κ1) is 27.3. The number of rotatable bonds is 6. The van der Waals surface area contributed by atoms with Gasteiger partial charge >= 0.3 is 12.2 Å².